The molecule has 0 aliphatic rings. The minimum absolute atomic E-state index is 0. The Kier molecular flexibility index (Phi) is 7.20. The molecule has 0 aliphatic heterocycles. The third kappa shape index (κ3) is 5.03. The van der Waals surface area contributed by atoms with Gasteiger partial charge in [0.15, 0.2) is 5.96 Å². The monoisotopic (exact) mass is 404 g/mol. The van der Waals surface area contributed by atoms with Crippen LogP contribution in [0, 0.1) is 6.92 Å². The molecule has 0 bridgehead atoms. The molecule has 2 aromatic rings. The zero-order valence-corrected chi connectivity index (χ0v) is 14.8. The Morgan fingerprint density at radius 3 is 2.90 bits per heavy atom. The van der Waals surface area contributed by atoms with E-state index in [4.69, 9.17) is 4.52 Å². The van der Waals surface area contributed by atoms with E-state index >= 15 is 0 Å². The lowest BCUT2D eigenvalue weighted by Crippen LogP contribution is -2.39. The second kappa shape index (κ2) is 8.65. The van der Waals surface area contributed by atoms with Crippen molar-refractivity contribution in [1.29, 1.82) is 0 Å². The molecule has 2 aromatic heterocycles. The molecule has 0 saturated heterocycles. The molecule has 2 heterocycles. The molecular formula is C13H21IN6O. The number of imidazole rings is 1. The van der Waals surface area contributed by atoms with Gasteiger partial charge in [0.05, 0.1) is 6.54 Å². The van der Waals surface area contributed by atoms with Gasteiger partial charge in [-0.25, -0.2) is 4.98 Å². The highest BCUT2D eigenvalue weighted by atomic mass is 127. The van der Waals surface area contributed by atoms with Crippen LogP contribution in [0.15, 0.2) is 34.2 Å². The molecule has 0 unspecified atom stereocenters. The number of halogens is 1. The Morgan fingerprint density at radius 1 is 1.52 bits per heavy atom. The topological polar surface area (TPSA) is 71.5 Å². The molecule has 21 heavy (non-hydrogen) atoms. The van der Waals surface area contributed by atoms with E-state index in [1.54, 1.807) is 19.5 Å². The van der Waals surface area contributed by atoms with Crippen molar-refractivity contribution in [1.82, 2.24) is 24.9 Å². The van der Waals surface area contributed by atoms with Crippen LogP contribution in [0.2, 0.25) is 0 Å². The molecule has 0 saturated carbocycles. The van der Waals surface area contributed by atoms with Crippen molar-refractivity contribution in [2.75, 3.05) is 20.6 Å². The lowest BCUT2D eigenvalue weighted by molar-refractivity contribution is 0.391. The summed E-state index contributed by atoms with van der Waals surface area (Å²) in [6.07, 6.45) is 5.35. The summed E-state index contributed by atoms with van der Waals surface area (Å²) in [6, 6.07) is 1.85. The number of guanidine groups is 1. The summed E-state index contributed by atoms with van der Waals surface area (Å²) >= 11 is 0. The average Bonchev–Trinajstić information content (AvgIpc) is 3.07. The Bertz CT molecular complexity index is 551. The van der Waals surface area contributed by atoms with Crippen LogP contribution < -0.4 is 5.32 Å². The maximum absolute atomic E-state index is 4.82. The van der Waals surface area contributed by atoms with Crippen LogP contribution in [0.5, 0.6) is 0 Å². The first-order valence-electron chi connectivity index (χ1n) is 6.49. The predicted molar refractivity (Wildman–Crippen MR) is 91.7 cm³/mol. The average molecular weight is 404 g/mol. The zero-order valence-electron chi connectivity index (χ0n) is 12.5. The lowest BCUT2D eigenvalue weighted by Gasteiger charge is -2.21. The van der Waals surface area contributed by atoms with E-state index in [1.807, 2.05) is 31.1 Å². The maximum Gasteiger partial charge on any atom is 0.193 e. The first-order valence-corrected chi connectivity index (χ1v) is 6.49. The third-order valence-electron chi connectivity index (χ3n) is 3.02. The normalized spacial score (nSPS) is 11.1. The van der Waals surface area contributed by atoms with Gasteiger partial charge in [0.25, 0.3) is 0 Å². The van der Waals surface area contributed by atoms with Crippen LogP contribution in [0.25, 0.3) is 0 Å². The molecule has 7 nitrogen and oxygen atoms in total. The maximum atomic E-state index is 4.82. The van der Waals surface area contributed by atoms with Crippen LogP contribution in [-0.2, 0) is 13.1 Å². The number of rotatable bonds is 5. The first-order chi connectivity index (χ1) is 9.70. The number of aryl methyl sites for hydroxylation is 1. The van der Waals surface area contributed by atoms with Crippen LogP contribution in [0.1, 0.15) is 11.5 Å². The summed E-state index contributed by atoms with van der Waals surface area (Å²) < 4.78 is 6.92. The summed E-state index contributed by atoms with van der Waals surface area (Å²) in [7, 11) is 3.73. The standard InChI is InChI=1S/C13H20N6O.HI/c1-11-15-5-7-19(11)8-6-16-13(14-2)18(3)10-12-4-9-20-17-12;/h4-5,7,9H,6,8,10H2,1-3H3,(H,14,16);1H. The van der Waals surface area contributed by atoms with Crippen LogP contribution in [0.3, 0.4) is 0 Å². The quantitative estimate of drug-likeness (QED) is 0.465. The number of nitrogens with one attached hydrogen (secondary N) is 1. The molecular weight excluding hydrogens is 383 g/mol. The SMILES string of the molecule is CN=C(NCCn1ccnc1C)N(C)Cc1ccon1.I. The van der Waals surface area contributed by atoms with Gasteiger partial charge in [-0.2, -0.15) is 0 Å². The second-order valence-electron chi connectivity index (χ2n) is 4.49. The number of hydrogen-bond acceptors (Lipinski definition) is 4. The van der Waals surface area contributed by atoms with Gasteiger partial charge in [0.1, 0.15) is 17.8 Å². The van der Waals surface area contributed by atoms with Crippen molar-refractivity contribution in [3.63, 3.8) is 0 Å². The molecule has 8 heteroatoms. The molecule has 0 spiro atoms. The summed E-state index contributed by atoms with van der Waals surface area (Å²) in [5.41, 5.74) is 0.876. The number of aromatic nitrogens is 3. The van der Waals surface area contributed by atoms with Gasteiger partial charge in [0.2, 0.25) is 0 Å². The van der Waals surface area contributed by atoms with Crippen LogP contribution >= 0.6 is 24.0 Å². The van der Waals surface area contributed by atoms with E-state index in [-0.39, 0.29) is 24.0 Å². The van der Waals surface area contributed by atoms with Crippen molar-refractivity contribution in [3.05, 3.63) is 36.2 Å². The number of hydrogen-bond donors (Lipinski definition) is 1. The van der Waals surface area contributed by atoms with Gasteiger partial charge in [0, 0.05) is 45.6 Å². The highest BCUT2D eigenvalue weighted by Gasteiger charge is 2.08. The van der Waals surface area contributed by atoms with E-state index in [0.29, 0.717) is 6.54 Å². The van der Waals surface area contributed by atoms with Gasteiger partial charge in [-0.3, -0.25) is 4.99 Å². The number of nitrogens with zero attached hydrogens (tertiary/aromatic N) is 5. The van der Waals surface area contributed by atoms with Gasteiger partial charge >= 0.3 is 0 Å². The van der Waals surface area contributed by atoms with Gasteiger partial charge in [-0.1, -0.05) is 5.16 Å². The molecule has 0 radical (unpaired) electrons. The highest BCUT2D eigenvalue weighted by Crippen LogP contribution is 2.00. The van der Waals surface area contributed by atoms with Gasteiger partial charge in [-0.05, 0) is 6.92 Å². The van der Waals surface area contributed by atoms with Crippen LogP contribution in [-0.4, -0.2) is 46.2 Å². The molecule has 0 aromatic carbocycles. The predicted octanol–water partition coefficient (Wildman–Crippen LogP) is 1.50. The summed E-state index contributed by atoms with van der Waals surface area (Å²) in [5.74, 6) is 1.84. The fraction of sp³-hybridized carbons (Fsp3) is 0.462. The minimum Gasteiger partial charge on any atom is -0.364 e. The van der Waals surface area contributed by atoms with E-state index in [0.717, 1.165) is 30.6 Å². The molecule has 2 rings (SSSR count). The molecule has 0 atom stereocenters. The Hall–Kier alpha value is -1.58. The molecule has 116 valence electrons. The third-order valence-corrected chi connectivity index (χ3v) is 3.02. The fourth-order valence-electron chi connectivity index (χ4n) is 1.95. The van der Waals surface area contributed by atoms with Gasteiger partial charge in [-0.15, -0.1) is 24.0 Å². The van der Waals surface area contributed by atoms with Crippen molar-refractivity contribution < 1.29 is 4.52 Å². The van der Waals surface area contributed by atoms with E-state index in [2.05, 4.69) is 25.0 Å². The molecule has 0 fully saturated rings. The minimum atomic E-state index is 0. The molecule has 1 N–H and O–H groups in total. The van der Waals surface area contributed by atoms with Crippen molar-refractivity contribution in [2.45, 2.75) is 20.0 Å². The first kappa shape index (κ1) is 17.5. The van der Waals surface area contributed by atoms with E-state index in [1.165, 1.54) is 0 Å². The van der Waals surface area contributed by atoms with Crippen molar-refractivity contribution >= 4 is 29.9 Å². The fourth-order valence-corrected chi connectivity index (χ4v) is 1.95. The zero-order chi connectivity index (χ0) is 14.4. The van der Waals surface area contributed by atoms with Gasteiger partial charge < -0.3 is 19.3 Å². The summed E-state index contributed by atoms with van der Waals surface area (Å²) in [6.45, 7) is 4.28. The summed E-state index contributed by atoms with van der Waals surface area (Å²) in [5, 5.41) is 7.21. The van der Waals surface area contributed by atoms with E-state index in [9.17, 15) is 0 Å². The smallest absolute Gasteiger partial charge is 0.193 e. The summed E-state index contributed by atoms with van der Waals surface area (Å²) in [4.78, 5) is 10.5. The molecule has 0 amide bonds. The molecule has 0 aliphatic carbocycles. The Morgan fingerprint density at radius 2 is 2.33 bits per heavy atom. The number of aliphatic imine (C=N–C) groups is 1. The van der Waals surface area contributed by atoms with Crippen molar-refractivity contribution in [2.24, 2.45) is 4.99 Å². The van der Waals surface area contributed by atoms with E-state index < -0.39 is 0 Å². The Balaban J connectivity index is 0.00000220. The second-order valence-corrected chi connectivity index (χ2v) is 4.49. The highest BCUT2D eigenvalue weighted by molar-refractivity contribution is 14.0. The largest absolute Gasteiger partial charge is 0.364 e. The lowest BCUT2D eigenvalue weighted by atomic mass is 10.4. The van der Waals surface area contributed by atoms with Crippen LogP contribution in [0.4, 0.5) is 0 Å². The van der Waals surface area contributed by atoms with Crippen molar-refractivity contribution in [3.8, 4) is 0 Å². The Labute approximate surface area is 141 Å².